The van der Waals surface area contributed by atoms with Gasteiger partial charge < -0.3 is 26.0 Å². The second-order valence-corrected chi connectivity index (χ2v) is 3.74. The van der Waals surface area contributed by atoms with Crippen molar-refractivity contribution >= 4 is 11.9 Å². The smallest absolute Gasteiger partial charge is 0.332 e. The van der Waals surface area contributed by atoms with Gasteiger partial charge in [-0.25, -0.2) is 4.79 Å². The van der Waals surface area contributed by atoms with Crippen LogP contribution in [0.15, 0.2) is 0 Å². The molecule has 3 unspecified atom stereocenters. The number of nitrogens with two attached hydrogens (primary N) is 1. The van der Waals surface area contributed by atoms with Gasteiger partial charge in [-0.15, -0.1) is 0 Å². The Morgan fingerprint density at radius 2 is 2.19 bits per heavy atom. The van der Waals surface area contributed by atoms with Crippen LogP contribution in [0.1, 0.15) is 12.8 Å². The molecule has 1 rings (SSSR count). The van der Waals surface area contributed by atoms with Crippen LogP contribution in [0.3, 0.4) is 0 Å². The third-order valence-corrected chi connectivity index (χ3v) is 2.42. The van der Waals surface area contributed by atoms with E-state index < -0.39 is 24.1 Å². The predicted molar refractivity (Wildman–Crippen MR) is 53.6 cm³/mol. The maximum Gasteiger partial charge on any atom is 0.332 e. The fourth-order valence-corrected chi connectivity index (χ4v) is 1.52. The molecule has 0 spiro atoms. The van der Waals surface area contributed by atoms with Crippen LogP contribution in [-0.4, -0.2) is 53.5 Å². The number of primary amides is 1. The zero-order valence-corrected chi connectivity index (χ0v) is 8.76. The summed E-state index contributed by atoms with van der Waals surface area (Å²) in [5.41, 5.74) is 4.85. The van der Waals surface area contributed by atoms with E-state index in [2.05, 4.69) is 5.32 Å². The summed E-state index contributed by atoms with van der Waals surface area (Å²) in [6, 6.07) is 0. The summed E-state index contributed by atoms with van der Waals surface area (Å²) in [7, 11) is 0. The minimum Gasteiger partial charge on any atom is -0.479 e. The van der Waals surface area contributed by atoms with Crippen LogP contribution in [0.5, 0.6) is 0 Å². The summed E-state index contributed by atoms with van der Waals surface area (Å²) >= 11 is 0. The van der Waals surface area contributed by atoms with Crippen molar-refractivity contribution in [1.29, 1.82) is 0 Å². The molecular weight excluding hydrogens is 216 g/mol. The molecule has 0 aliphatic carbocycles. The average molecular weight is 232 g/mol. The van der Waals surface area contributed by atoms with Gasteiger partial charge in [0.25, 0.3) is 0 Å². The van der Waals surface area contributed by atoms with Crippen LogP contribution in [0.25, 0.3) is 0 Å². The van der Waals surface area contributed by atoms with Gasteiger partial charge in [0.2, 0.25) is 5.91 Å². The van der Waals surface area contributed by atoms with Crippen LogP contribution in [0.4, 0.5) is 0 Å². The minimum atomic E-state index is -1.23. The quantitative estimate of drug-likeness (QED) is 0.422. The molecule has 1 saturated heterocycles. The van der Waals surface area contributed by atoms with E-state index in [1.807, 2.05) is 0 Å². The van der Waals surface area contributed by atoms with Crippen molar-refractivity contribution in [2.24, 2.45) is 5.73 Å². The van der Waals surface area contributed by atoms with E-state index in [4.69, 9.17) is 20.7 Å². The van der Waals surface area contributed by atoms with E-state index in [1.165, 1.54) is 0 Å². The SMILES string of the molecule is NC(=O)C(O)CNCC1CCC(C(=O)O)O1. The summed E-state index contributed by atoms with van der Waals surface area (Å²) in [6.07, 6.45) is -1.03. The number of aliphatic hydroxyl groups is 1. The van der Waals surface area contributed by atoms with Gasteiger partial charge in [-0.05, 0) is 12.8 Å². The number of nitrogens with one attached hydrogen (secondary N) is 1. The van der Waals surface area contributed by atoms with E-state index in [0.29, 0.717) is 19.4 Å². The van der Waals surface area contributed by atoms with Gasteiger partial charge in [-0.2, -0.15) is 0 Å². The molecule has 0 radical (unpaired) electrons. The molecule has 1 amide bonds. The number of carboxylic acids is 1. The fraction of sp³-hybridized carbons (Fsp3) is 0.778. The van der Waals surface area contributed by atoms with E-state index in [1.54, 1.807) is 0 Å². The van der Waals surface area contributed by atoms with Gasteiger partial charge in [0.15, 0.2) is 6.10 Å². The Bertz CT molecular complexity index is 271. The van der Waals surface area contributed by atoms with Gasteiger partial charge in [-0.1, -0.05) is 0 Å². The summed E-state index contributed by atoms with van der Waals surface area (Å²) in [6.45, 7) is 0.445. The molecule has 1 aliphatic rings. The molecule has 1 aliphatic heterocycles. The molecule has 0 aromatic heterocycles. The molecule has 16 heavy (non-hydrogen) atoms. The normalized spacial score (nSPS) is 26.6. The van der Waals surface area contributed by atoms with E-state index >= 15 is 0 Å². The summed E-state index contributed by atoms with van der Waals surface area (Å²) in [5.74, 6) is -1.75. The number of aliphatic carboxylic acids is 1. The highest BCUT2D eigenvalue weighted by Crippen LogP contribution is 2.18. The lowest BCUT2D eigenvalue weighted by Crippen LogP contribution is -2.40. The summed E-state index contributed by atoms with van der Waals surface area (Å²) in [4.78, 5) is 21.1. The number of carbonyl (C=O) groups is 2. The third kappa shape index (κ3) is 3.76. The van der Waals surface area contributed by atoms with Gasteiger partial charge in [0.1, 0.15) is 6.10 Å². The van der Waals surface area contributed by atoms with Crippen molar-refractivity contribution in [2.75, 3.05) is 13.1 Å². The molecule has 0 bridgehead atoms. The molecule has 7 nitrogen and oxygen atoms in total. The lowest BCUT2D eigenvalue weighted by atomic mass is 10.2. The topological polar surface area (TPSA) is 122 Å². The maximum absolute atomic E-state index is 10.6. The van der Waals surface area contributed by atoms with Crippen LogP contribution < -0.4 is 11.1 Å². The number of hydrogen-bond acceptors (Lipinski definition) is 5. The molecule has 92 valence electrons. The van der Waals surface area contributed by atoms with Gasteiger partial charge in [0, 0.05) is 13.1 Å². The Kier molecular flexibility index (Phi) is 4.66. The zero-order chi connectivity index (χ0) is 12.1. The second kappa shape index (κ2) is 5.78. The molecule has 3 atom stereocenters. The average Bonchev–Trinajstić information content (AvgIpc) is 2.66. The predicted octanol–water partition coefficient (Wildman–Crippen LogP) is -1.95. The monoisotopic (exact) mass is 232 g/mol. The van der Waals surface area contributed by atoms with Gasteiger partial charge in [0.05, 0.1) is 6.10 Å². The van der Waals surface area contributed by atoms with Crippen molar-refractivity contribution < 1.29 is 24.5 Å². The van der Waals surface area contributed by atoms with Crippen LogP contribution in [0, 0.1) is 0 Å². The zero-order valence-electron chi connectivity index (χ0n) is 8.76. The molecule has 5 N–H and O–H groups in total. The first-order valence-corrected chi connectivity index (χ1v) is 5.07. The van der Waals surface area contributed by atoms with Crippen molar-refractivity contribution in [3.8, 4) is 0 Å². The van der Waals surface area contributed by atoms with Crippen molar-refractivity contribution in [3.05, 3.63) is 0 Å². The van der Waals surface area contributed by atoms with E-state index in [0.717, 1.165) is 0 Å². The highest BCUT2D eigenvalue weighted by atomic mass is 16.5. The third-order valence-electron chi connectivity index (χ3n) is 2.42. The van der Waals surface area contributed by atoms with Crippen LogP contribution in [0.2, 0.25) is 0 Å². The van der Waals surface area contributed by atoms with Crippen molar-refractivity contribution in [3.63, 3.8) is 0 Å². The Morgan fingerprint density at radius 3 is 2.69 bits per heavy atom. The highest BCUT2D eigenvalue weighted by Gasteiger charge is 2.30. The number of hydrogen-bond donors (Lipinski definition) is 4. The minimum absolute atomic E-state index is 0.0485. The molecular formula is C9H16N2O5. The number of carbonyl (C=O) groups excluding carboxylic acids is 1. The van der Waals surface area contributed by atoms with Crippen molar-refractivity contribution in [1.82, 2.24) is 5.32 Å². The number of ether oxygens (including phenoxy) is 1. The van der Waals surface area contributed by atoms with E-state index in [9.17, 15) is 9.59 Å². The lowest BCUT2D eigenvalue weighted by molar-refractivity contribution is -0.149. The Labute approximate surface area is 92.6 Å². The van der Waals surface area contributed by atoms with E-state index in [-0.39, 0.29) is 12.6 Å². The van der Waals surface area contributed by atoms with Crippen molar-refractivity contribution in [2.45, 2.75) is 31.2 Å². The first kappa shape index (κ1) is 12.9. The molecule has 0 aromatic rings. The highest BCUT2D eigenvalue weighted by molar-refractivity contribution is 5.78. The molecule has 1 heterocycles. The number of amides is 1. The van der Waals surface area contributed by atoms with Crippen LogP contribution in [-0.2, 0) is 14.3 Å². The maximum atomic E-state index is 10.6. The first-order valence-electron chi connectivity index (χ1n) is 5.07. The standard InChI is InChI=1S/C9H16N2O5/c10-8(13)6(12)4-11-3-5-1-2-7(16-5)9(14)15/h5-7,11-12H,1-4H2,(H2,10,13)(H,14,15). The lowest BCUT2D eigenvalue weighted by Gasteiger charge is -2.13. The number of rotatable bonds is 6. The Hall–Kier alpha value is -1.18. The second-order valence-electron chi connectivity index (χ2n) is 3.74. The van der Waals surface area contributed by atoms with Gasteiger partial charge >= 0.3 is 5.97 Å². The molecule has 0 saturated carbocycles. The van der Waals surface area contributed by atoms with Gasteiger partial charge in [-0.3, -0.25) is 4.79 Å². The first-order chi connectivity index (χ1) is 7.50. The largest absolute Gasteiger partial charge is 0.479 e. The molecule has 7 heteroatoms. The molecule has 1 fully saturated rings. The summed E-state index contributed by atoms with van der Waals surface area (Å²) in [5, 5.41) is 20.5. The summed E-state index contributed by atoms with van der Waals surface area (Å²) < 4.78 is 5.21. The fourth-order valence-electron chi connectivity index (χ4n) is 1.52. The molecule has 0 aromatic carbocycles. The van der Waals surface area contributed by atoms with Crippen LogP contribution >= 0.6 is 0 Å². The Balaban J connectivity index is 2.16. The number of aliphatic hydroxyl groups excluding tert-OH is 1. The Morgan fingerprint density at radius 1 is 1.50 bits per heavy atom. The number of carboxylic acid groups (broad SMARTS) is 1.